The molecule has 0 bridgehead atoms. The number of aliphatic hydroxyl groups is 2. The third-order valence-electron chi connectivity index (χ3n) is 6.29. The number of nitrogens with zero attached hydrogens (tertiary/aromatic N) is 2. The molecule has 1 fully saturated rings. The summed E-state index contributed by atoms with van der Waals surface area (Å²) in [5.74, 6) is -2.20. The molecule has 3 aromatic rings. The Kier molecular flexibility index (Phi) is 8.33. The smallest absolute Gasteiger partial charge is 0.307 e. The van der Waals surface area contributed by atoms with Crippen molar-refractivity contribution in [1.82, 2.24) is 4.98 Å². The van der Waals surface area contributed by atoms with Crippen LogP contribution in [0.1, 0.15) is 45.1 Å². The van der Waals surface area contributed by atoms with E-state index in [1.807, 2.05) is 48.5 Å². The molecule has 7 nitrogen and oxygen atoms in total. The number of hydrogen-bond donors (Lipinski definition) is 2. The number of hydrogen-bond acceptors (Lipinski definition) is 7. The zero-order valence-corrected chi connectivity index (χ0v) is 22.6. The van der Waals surface area contributed by atoms with Crippen LogP contribution in [0.4, 0.5) is 5.13 Å². The van der Waals surface area contributed by atoms with E-state index < -0.39 is 35.6 Å². The maximum Gasteiger partial charge on any atom is 0.307 e. The summed E-state index contributed by atoms with van der Waals surface area (Å²) in [5, 5.41) is 24.4. The molecule has 9 heteroatoms. The Morgan fingerprint density at radius 3 is 2.46 bits per heavy atom. The van der Waals surface area contributed by atoms with Crippen LogP contribution in [0.2, 0.25) is 5.02 Å². The molecular weight excluding hydrogens is 512 g/mol. The van der Waals surface area contributed by atoms with Crippen molar-refractivity contribution < 1.29 is 24.5 Å². The molecule has 0 saturated carbocycles. The molecule has 0 aliphatic carbocycles. The lowest BCUT2D eigenvalue weighted by atomic mass is 9.77. The molecule has 1 aliphatic heterocycles. The summed E-state index contributed by atoms with van der Waals surface area (Å²) in [6, 6.07) is 16.6. The highest BCUT2D eigenvalue weighted by Gasteiger charge is 2.42. The zero-order chi connectivity index (χ0) is 26.7. The second-order valence-corrected chi connectivity index (χ2v) is 11.5. The normalized spacial score (nSPS) is 22.9. The first-order valence-corrected chi connectivity index (χ1v) is 13.4. The molecule has 1 aromatic heterocycles. The van der Waals surface area contributed by atoms with Gasteiger partial charge in [-0.1, -0.05) is 60.1 Å². The average molecular weight is 543 g/mol. The van der Waals surface area contributed by atoms with Crippen LogP contribution < -0.4 is 4.90 Å². The maximum atomic E-state index is 14.1. The number of rotatable bonds is 5. The van der Waals surface area contributed by atoms with E-state index in [0.717, 1.165) is 11.1 Å². The van der Waals surface area contributed by atoms with E-state index in [2.05, 4.69) is 4.98 Å². The lowest BCUT2D eigenvalue weighted by Gasteiger charge is -2.37. The fraction of sp³-hybridized carbons (Fsp3) is 0.393. The molecule has 0 radical (unpaired) electrons. The first-order valence-electron chi connectivity index (χ1n) is 12.2. The van der Waals surface area contributed by atoms with E-state index >= 15 is 0 Å². The highest BCUT2D eigenvalue weighted by Crippen LogP contribution is 2.39. The summed E-state index contributed by atoms with van der Waals surface area (Å²) in [6.45, 7) is 5.18. The van der Waals surface area contributed by atoms with E-state index in [0.29, 0.717) is 15.8 Å². The van der Waals surface area contributed by atoms with E-state index in [1.165, 1.54) is 16.2 Å². The number of thiazole rings is 1. The molecule has 1 saturated heterocycles. The van der Waals surface area contributed by atoms with E-state index in [9.17, 15) is 19.8 Å². The number of aromatic nitrogens is 1. The Bertz CT molecular complexity index is 1240. The molecule has 37 heavy (non-hydrogen) atoms. The van der Waals surface area contributed by atoms with Gasteiger partial charge in [0, 0.05) is 16.0 Å². The number of anilines is 1. The largest absolute Gasteiger partial charge is 0.460 e. The van der Waals surface area contributed by atoms with Crippen LogP contribution in [-0.2, 0) is 14.3 Å². The Morgan fingerprint density at radius 1 is 1.11 bits per heavy atom. The van der Waals surface area contributed by atoms with Crippen molar-refractivity contribution in [2.24, 2.45) is 5.92 Å². The summed E-state index contributed by atoms with van der Waals surface area (Å²) in [7, 11) is 0. The molecule has 2 N–H and O–H groups in total. The minimum absolute atomic E-state index is 0.126. The van der Waals surface area contributed by atoms with Gasteiger partial charge >= 0.3 is 5.97 Å². The second-order valence-electron chi connectivity index (χ2n) is 10.2. The maximum absolute atomic E-state index is 14.1. The number of esters is 1. The highest BCUT2D eigenvalue weighted by molar-refractivity contribution is 7.14. The number of carbonyl (C=O) groups excluding carboxylic acids is 2. The van der Waals surface area contributed by atoms with Gasteiger partial charge < -0.3 is 14.9 Å². The highest BCUT2D eigenvalue weighted by atomic mass is 35.5. The lowest BCUT2D eigenvalue weighted by Crippen LogP contribution is -2.50. The number of ether oxygens (including phenoxy) is 1. The summed E-state index contributed by atoms with van der Waals surface area (Å²) in [5.41, 5.74) is 1.41. The first kappa shape index (κ1) is 27.3. The minimum Gasteiger partial charge on any atom is -0.460 e. The predicted molar refractivity (Wildman–Crippen MR) is 145 cm³/mol. The van der Waals surface area contributed by atoms with Gasteiger partial charge in [0.1, 0.15) is 5.60 Å². The fourth-order valence-electron chi connectivity index (χ4n) is 4.57. The summed E-state index contributed by atoms with van der Waals surface area (Å²) in [6.07, 6.45) is -2.34. The van der Waals surface area contributed by atoms with Crippen molar-refractivity contribution in [3.63, 3.8) is 0 Å². The van der Waals surface area contributed by atoms with Crippen LogP contribution in [0.5, 0.6) is 0 Å². The van der Waals surface area contributed by atoms with Gasteiger partial charge in [0.05, 0.1) is 36.8 Å². The molecule has 2 aromatic carbocycles. The van der Waals surface area contributed by atoms with E-state index in [1.54, 1.807) is 32.2 Å². The molecule has 0 spiro atoms. The molecule has 1 amide bonds. The van der Waals surface area contributed by atoms with Gasteiger partial charge in [-0.05, 0) is 44.7 Å². The summed E-state index contributed by atoms with van der Waals surface area (Å²) >= 11 is 7.59. The number of β-amino-alcohol motifs (C(OH)–C–C–N with tert-alkyl or cyclic N) is 1. The second kappa shape index (κ2) is 11.3. The summed E-state index contributed by atoms with van der Waals surface area (Å²) < 4.78 is 5.56. The number of aliphatic hydroxyl groups excluding tert-OH is 2. The predicted octanol–water partition coefficient (Wildman–Crippen LogP) is 5.05. The van der Waals surface area contributed by atoms with Gasteiger partial charge in [-0.25, -0.2) is 4.98 Å². The van der Waals surface area contributed by atoms with Gasteiger partial charge in [-0.15, -0.1) is 11.3 Å². The average Bonchev–Trinajstić information content (AvgIpc) is 3.32. The van der Waals surface area contributed by atoms with E-state index in [4.69, 9.17) is 16.3 Å². The van der Waals surface area contributed by atoms with Crippen molar-refractivity contribution >= 4 is 39.9 Å². The Hall–Kier alpha value is -2.78. The fourth-order valence-corrected chi connectivity index (χ4v) is 5.64. The molecule has 1 aliphatic rings. The van der Waals surface area contributed by atoms with Crippen molar-refractivity contribution in [2.75, 3.05) is 11.4 Å². The van der Waals surface area contributed by atoms with Crippen LogP contribution in [0, 0.1) is 5.92 Å². The molecule has 196 valence electrons. The van der Waals surface area contributed by atoms with Gasteiger partial charge in [-0.2, -0.15) is 0 Å². The van der Waals surface area contributed by atoms with Gasteiger partial charge in [0.25, 0.3) is 0 Å². The van der Waals surface area contributed by atoms with Crippen LogP contribution in [0.15, 0.2) is 60.0 Å². The zero-order valence-electron chi connectivity index (χ0n) is 21.0. The Labute approximate surface area is 225 Å². The number of benzene rings is 2. The van der Waals surface area contributed by atoms with Crippen molar-refractivity contribution in [1.29, 1.82) is 0 Å². The Balaban J connectivity index is 1.74. The third-order valence-corrected chi connectivity index (χ3v) is 7.48. The third kappa shape index (κ3) is 6.57. The van der Waals surface area contributed by atoms with Gasteiger partial charge in [0.2, 0.25) is 5.91 Å². The number of halogens is 1. The molecule has 4 rings (SSSR count). The number of amides is 1. The van der Waals surface area contributed by atoms with Crippen molar-refractivity contribution in [3.05, 3.63) is 70.6 Å². The van der Waals surface area contributed by atoms with Crippen LogP contribution >= 0.6 is 22.9 Å². The Morgan fingerprint density at radius 2 is 1.78 bits per heavy atom. The minimum atomic E-state index is -1.19. The molecule has 1 unspecified atom stereocenters. The van der Waals surface area contributed by atoms with Gasteiger partial charge in [0.15, 0.2) is 5.13 Å². The standard InChI is InChI=1S/C28H31ClN2O5S/c1-28(2,3)36-25(34)14-20-19(17-9-5-4-6-10-17)13-23(32)24(33)15-31(26(20)35)27-30-22(16-37-27)18-11-7-8-12-21(18)29/h4-12,16,19-20,23-24,32-33H,13-15H2,1-3H3/t19?,20-,23+,24-/m0/s1. The van der Waals surface area contributed by atoms with Crippen molar-refractivity contribution in [3.8, 4) is 11.3 Å². The quantitative estimate of drug-likeness (QED) is 0.437. The van der Waals surface area contributed by atoms with Gasteiger partial charge in [-0.3, -0.25) is 14.5 Å². The first-order chi connectivity index (χ1) is 17.5. The van der Waals surface area contributed by atoms with Crippen LogP contribution in [0.25, 0.3) is 11.3 Å². The summed E-state index contributed by atoms with van der Waals surface area (Å²) in [4.78, 5) is 33.1. The lowest BCUT2D eigenvalue weighted by molar-refractivity contribution is -0.157. The monoisotopic (exact) mass is 542 g/mol. The topological polar surface area (TPSA) is 100.0 Å². The van der Waals surface area contributed by atoms with Crippen LogP contribution in [-0.4, -0.2) is 51.4 Å². The molecular formula is C28H31ClN2O5S. The number of carbonyl (C=O) groups is 2. The molecule has 2 heterocycles. The van der Waals surface area contributed by atoms with Crippen molar-refractivity contribution in [2.45, 2.75) is 57.3 Å². The SMILES string of the molecule is CC(C)(C)OC(=O)C[C@@H]1C(=O)N(c2nc(-c3ccccc3Cl)cs2)C[C@H](O)[C@H](O)CC1c1ccccc1. The van der Waals surface area contributed by atoms with E-state index in [-0.39, 0.29) is 25.3 Å². The van der Waals surface area contributed by atoms with Crippen LogP contribution in [0.3, 0.4) is 0 Å². The molecule has 4 atom stereocenters.